The van der Waals surface area contributed by atoms with Crippen molar-refractivity contribution >= 4 is 11.6 Å². The summed E-state index contributed by atoms with van der Waals surface area (Å²) in [6, 6.07) is 3.68. The molecule has 0 radical (unpaired) electrons. The summed E-state index contributed by atoms with van der Waals surface area (Å²) in [5, 5.41) is 0. The Hall–Kier alpha value is -1.09. The summed E-state index contributed by atoms with van der Waals surface area (Å²) in [7, 11) is 0. The highest BCUT2D eigenvalue weighted by molar-refractivity contribution is 6.17. The molecule has 0 bridgehead atoms. The number of halogens is 1. The van der Waals surface area contributed by atoms with Crippen molar-refractivity contribution in [1.82, 2.24) is 0 Å². The molecule has 0 saturated carbocycles. The van der Waals surface area contributed by atoms with E-state index < -0.39 is 0 Å². The molecule has 0 atom stereocenters. The van der Waals surface area contributed by atoms with Gasteiger partial charge in [-0.1, -0.05) is 0 Å². The molecule has 0 aliphatic carbocycles. The van der Waals surface area contributed by atoms with Crippen LogP contribution in [0.4, 0.5) is 0 Å². The van der Waals surface area contributed by atoms with E-state index in [1.165, 1.54) is 0 Å². The molecule has 0 saturated heterocycles. The van der Waals surface area contributed by atoms with E-state index in [0.717, 1.165) is 22.8 Å². The van der Waals surface area contributed by atoms with Gasteiger partial charge in [0.15, 0.2) is 11.5 Å². The summed E-state index contributed by atoms with van der Waals surface area (Å²) >= 11 is 5.79. The van der Waals surface area contributed by atoms with E-state index in [9.17, 15) is 0 Å². The van der Waals surface area contributed by atoms with Crippen molar-refractivity contribution in [2.75, 3.05) is 13.4 Å². The van der Waals surface area contributed by atoms with Crippen LogP contribution in [0.5, 0.6) is 17.2 Å². The molecule has 3 nitrogen and oxygen atoms in total. The molecule has 1 aliphatic rings. The maximum absolute atomic E-state index is 5.79. The molecule has 0 amide bonds. The summed E-state index contributed by atoms with van der Waals surface area (Å²) in [6.45, 7) is 2.82. The Bertz CT molecular complexity index is 338. The SMILES string of the molecule is CCOc1cc2c(cc1CCl)OCO2. The molecule has 1 aromatic carbocycles. The van der Waals surface area contributed by atoms with Crippen LogP contribution in [0.25, 0.3) is 0 Å². The van der Waals surface area contributed by atoms with Crippen LogP contribution in [-0.2, 0) is 5.88 Å². The van der Waals surface area contributed by atoms with Crippen LogP contribution >= 0.6 is 11.6 Å². The molecule has 1 heterocycles. The molecule has 0 N–H and O–H groups in total. The van der Waals surface area contributed by atoms with Crippen LogP contribution < -0.4 is 14.2 Å². The van der Waals surface area contributed by atoms with E-state index in [4.69, 9.17) is 25.8 Å². The van der Waals surface area contributed by atoms with E-state index in [2.05, 4.69) is 0 Å². The van der Waals surface area contributed by atoms with Gasteiger partial charge in [-0.15, -0.1) is 11.6 Å². The second-order valence-corrected chi connectivity index (χ2v) is 3.15. The van der Waals surface area contributed by atoms with Gasteiger partial charge in [0.2, 0.25) is 6.79 Å². The third-order valence-electron chi connectivity index (χ3n) is 2.00. The quantitative estimate of drug-likeness (QED) is 0.724. The molecule has 0 spiro atoms. The Morgan fingerprint density at radius 2 is 2.07 bits per heavy atom. The molecule has 0 fully saturated rings. The van der Waals surface area contributed by atoms with Crippen molar-refractivity contribution in [3.05, 3.63) is 17.7 Å². The fourth-order valence-corrected chi connectivity index (χ4v) is 1.57. The molecule has 0 unspecified atom stereocenters. The Morgan fingerprint density at radius 3 is 2.71 bits per heavy atom. The lowest BCUT2D eigenvalue weighted by Crippen LogP contribution is -1.95. The highest BCUT2D eigenvalue weighted by atomic mass is 35.5. The molecule has 1 aliphatic heterocycles. The zero-order chi connectivity index (χ0) is 9.97. The Balaban J connectivity index is 2.38. The monoisotopic (exact) mass is 214 g/mol. The first-order chi connectivity index (χ1) is 6.85. The molecule has 76 valence electrons. The largest absolute Gasteiger partial charge is 0.493 e. The number of rotatable bonds is 3. The van der Waals surface area contributed by atoms with Gasteiger partial charge in [-0.25, -0.2) is 0 Å². The van der Waals surface area contributed by atoms with Crippen LogP contribution in [0.3, 0.4) is 0 Å². The summed E-state index contributed by atoms with van der Waals surface area (Å²) in [6.07, 6.45) is 0. The summed E-state index contributed by atoms with van der Waals surface area (Å²) in [4.78, 5) is 0. The lowest BCUT2D eigenvalue weighted by molar-refractivity contribution is 0.174. The molecule has 14 heavy (non-hydrogen) atoms. The van der Waals surface area contributed by atoms with Crippen molar-refractivity contribution in [1.29, 1.82) is 0 Å². The first-order valence-electron chi connectivity index (χ1n) is 4.46. The number of fused-ring (bicyclic) bond motifs is 1. The van der Waals surface area contributed by atoms with E-state index in [0.29, 0.717) is 12.5 Å². The highest BCUT2D eigenvalue weighted by Gasteiger charge is 2.17. The van der Waals surface area contributed by atoms with Crippen molar-refractivity contribution < 1.29 is 14.2 Å². The molecule has 0 aromatic heterocycles. The number of benzene rings is 1. The third kappa shape index (κ3) is 1.60. The van der Waals surface area contributed by atoms with Gasteiger partial charge in [0.25, 0.3) is 0 Å². The van der Waals surface area contributed by atoms with Crippen LogP contribution in [0.15, 0.2) is 12.1 Å². The van der Waals surface area contributed by atoms with Crippen LogP contribution in [0, 0.1) is 0 Å². The number of hydrogen-bond donors (Lipinski definition) is 0. The Labute approximate surface area is 87.5 Å². The predicted octanol–water partition coefficient (Wildman–Crippen LogP) is 2.55. The van der Waals surface area contributed by atoms with Gasteiger partial charge >= 0.3 is 0 Å². The Morgan fingerprint density at radius 1 is 1.36 bits per heavy atom. The van der Waals surface area contributed by atoms with Crippen LogP contribution in [0.1, 0.15) is 12.5 Å². The fourth-order valence-electron chi connectivity index (χ4n) is 1.36. The maximum atomic E-state index is 5.79. The summed E-state index contributed by atoms with van der Waals surface area (Å²) in [5.41, 5.74) is 0.928. The molecular weight excluding hydrogens is 204 g/mol. The number of ether oxygens (including phenoxy) is 3. The average Bonchev–Trinajstić information content (AvgIpc) is 2.64. The fraction of sp³-hybridized carbons (Fsp3) is 0.400. The second-order valence-electron chi connectivity index (χ2n) is 2.88. The highest BCUT2D eigenvalue weighted by Crippen LogP contribution is 2.38. The minimum Gasteiger partial charge on any atom is -0.493 e. The van der Waals surface area contributed by atoms with Gasteiger partial charge < -0.3 is 14.2 Å². The third-order valence-corrected chi connectivity index (χ3v) is 2.29. The average molecular weight is 215 g/mol. The van der Waals surface area contributed by atoms with E-state index in [1.807, 2.05) is 19.1 Å². The second kappa shape index (κ2) is 3.96. The van der Waals surface area contributed by atoms with Gasteiger partial charge in [0, 0.05) is 11.6 Å². The van der Waals surface area contributed by atoms with Crippen molar-refractivity contribution in [2.45, 2.75) is 12.8 Å². The summed E-state index contributed by atoms with van der Waals surface area (Å²) < 4.78 is 15.9. The lowest BCUT2D eigenvalue weighted by Gasteiger charge is -2.08. The smallest absolute Gasteiger partial charge is 0.231 e. The predicted molar refractivity (Wildman–Crippen MR) is 53.3 cm³/mol. The Kier molecular flexibility index (Phi) is 2.68. The lowest BCUT2D eigenvalue weighted by atomic mass is 10.2. The topological polar surface area (TPSA) is 27.7 Å². The zero-order valence-corrected chi connectivity index (χ0v) is 8.63. The maximum Gasteiger partial charge on any atom is 0.231 e. The van der Waals surface area contributed by atoms with Crippen molar-refractivity contribution in [3.63, 3.8) is 0 Å². The zero-order valence-electron chi connectivity index (χ0n) is 7.88. The number of alkyl halides is 1. The number of hydrogen-bond acceptors (Lipinski definition) is 3. The van der Waals surface area contributed by atoms with Gasteiger partial charge in [-0.05, 0) is 13.0 Å². The van der Waals surface area contributed by atoms with E-state index in [1.54, 1.807) is 0 Å². The molecular formula is C10H11ClO3. The first kappa shape index (κ1) is 9.46. The minimum absolute atomic E-state index is 0.270. The van der Waals surface area contributed by atoms with E-state index in [-0.39, 0.29) is 6.79 Å². The van der Waals surface area contributed by atoms with Crippen LogP contribution in [0.2, 0.25) is 0 Å². The van der Waals surface area contributed by atoms with Gasteiger partial charge in [0.05, 0.1) is 12.5 Å². The molecule has 4 heteroatoms. The minimum atomic E-state index is 0.270. The van der Waals surface area contributed by atoms with Crippen LogP contribution in [-0.4, -0.2) is 13.4 Å². The summed E-state index contributed by atoms with van der Waals surface area (Å²) in [5.74, 6) is 2.64. The standard InChI is InChI=1S/C10H11ClO3/c1-2-12-8-4-10-9(13-6-14-10)3-7(8)5-11/h3-4H,2,5-6H2,1H3. The normalized spacial score (nSPS) is 13.0. The van der Waals surface area contributed by atoms with Gasteiger partial charge in [0.1, 0.15) is 5.75 Å². The van der Waals surface area contributed by atoms with Crippen molar-refractivity contribution in [3.8, 4) is 17.2 Å². The molecule has 2 rings (SSSR count). The molecule has 1 aromatic rings. The van der Waals surface area contributed by atoms with Gasteiger partial charge in [-0.2, -0.15) is 0 Å². The van der Waals surface area contributed by atoms with Crippen molar-refractivity contribution in [2.24, 2.45) is 0 Å². The first-order valence-corrected chi connectivity index (χ1v) is 5.00. The van der Waals surface area contributed by atoms with Gasteiger partial charge in [-0.3, -0.25) is 0 Å². The van der Waals surface area contributed by atoms with E-state index >= 15 is 0 Å².